The first kappa shape index (κ1) is 19.0. The predicted octanol–water partition coefficient (Wildman–Crippen LogP) is 3.46. The third-order valence-electron chi connectivity index (χ3n) is 5.92. The Morgan fingerprint density at radius 1 is 1.23 bits per heavy atom. The molecule has 0 spiro atoms. The Balaban J connectivity index is 1.42. The molecule has 0 saturated carbocycles. The molecule has 2 N–H and O–H groups in total. The number of rotatable bonds is 2. The van der Waals surface area contributed by atoms with Crippen LogP contribution in [0.5, 0.6) is 0 Å². The number of nitrogen functional groups attached to an aromatic ring is 1. The van der Waals surface area contributed by atoms with Gasteiger partial charge in [-0.2, -0.15) is 0 Å². The minimum absolute atomic E-state index is 0.261. The zero-order chi connectivity index (χ0) is 20.6. The van der Waals surface area contributed by atoms with Crippen LogP contribution < -0.4 is 5.73 Å². The van der Waals surface area contributed by atoms with Crippen molar-refractivity contribution in [1.29, 1.82) is 0 Å². The summed E-state index contributed by atoms with van der Waals surface area (Å²) < 4.78 is 28.0. The molecule has 10 heteroatoms. The smallest absolute Gasteiger partial charge is 0.164 e. The average Bonchev–Trinajstić information content (AvgIpc) is 3.42. The number of halogens is 1. The summed E-state index contributed by atoms with van der Waals surface area (Å²) in [5.74, 6) is -0.292. The van der Waals surface area contributed by atoms with Crippen LogP contribution in [0.2, 0.25) is 4.34 Å². The van der Waals surface area contributed by atoms with Crippen LogP contribution in [0.15, 0.2) is 24.7 Å². The molecule has 0 radical (unpaired) electrons. The fourth-order valence-electron chi connectivity index (χ4n) is 4.73. The van der Waals surface area contributed by atoms with Crippen molar-refractivity contribution in [2.75, 3.05) is 12.3 Å². The fourth-order valence-corrected chi connectivity index (χ4v) is 6.13. The van der Waals surface area contributed by atoms with E-state index in [4.69, 9.17) is 36.3 Å². The van der Waals surface area contributed by atoms with Gasteiger partial charge in [0.1, 0.15) is 42.2 Å². The molecule has 1 unspecified atom stereocenters. The molecule has 8 nitrogen and oxygen atoms in total. The first-order valence-corrected chi connectivity index (χ1v) is 11.1. The lowest BCUT2D eigenvalue weighted by Crippen LogP contribution is -2.36. The van der Waals surface area contributed by atoms with Crippen LogP contribution in [0.25, 0.3) is 11.0 Å². The highest BCUT2D eigenvalue weighted by Gasteiger charge is 2.59. The summed E-state index contributed by atoms with van der Waals surface area (Å²) >= 11 is 7.85. The van der Waals surface area contributed by atoms with Gasteiger partial charge in [-0.3, -0.25) is 0 Å². The molecule has 158 valence electrons. The molecule has 3 aromatic rings. The predicted molar refractivity (Wildman–Crippen MR) is 111 cm³/mol. The summed E-state index contributed by atoms with van der Waals surface area (Å²) in [6.45, 7) is 4.46. The van der Waals surface area contributed by atoms with Crippen LogP contribution in [0.4, 0.5) is 5.82 Å². The first-order chi connectivity index (χ1) is 14.4. The zero-order valence-electron chi connectivity index (χ0n) is 16.4. The molecular formula is C20H21ClN4O4S. The van der Waals surface area contributed by atoms with E-state index in [9.17, 15) is 0 Å². The number of ether oxygens (including phenoxy) is 4. The fraction of sp³-hybridized carbons (Fsp3) is 0.500. The topological polar surface area (TPSA) is 93.7 Å². The minimum atomic E-state index is -0.725. The highest BCUT2D eigenvalue weighted by molar-refractivity contribution is 7.16. The number of nitrogens with two attached hydrogens (primary N) is 1. The summed E-state index contributed by atoms with van der Waals surface area (Å²) in [5.41, 5.74) is 7.94. The van der Waals surface area contributed by atoms with Crippen molar-refractivity contribution in [1.82, 2.24) is 14.5 Å². The highest BCUT2D eigenvalue weighted by Crippen LogP contribution is 2.50. The number of nitrogens with zero attached hydrogens (tertiary/aromatic N) is 3. The number of hydrogen-bond acceptors (Lipinski definition) is 8. The molecule has 3 aromatic heterocycles. The molecule has 6 rings (SSSR count). The van der Waals surface area contributed by atoms with Crippen LogP contribution >= 0.6 is 22.9 Å². The van der Waals surface area contributed by atoms with Gasteiger partial charge in [0.15, 0.2) is 12.0 Å². The molecule has 30 heavy (non-hydrogen) atoms. The summed E-state index contributed by atoms with van der Waals surface area (Å²) in [6.07, 6.45) is 2.57. The van der Waals surface area contributed by atoms with Crippen molar-refractivity contribution < 1.29 is 18.9 Å². The van der Waals surface area contributed by atoms with Crippen molar-refractivity contribution in [3.8, 4) is 0 Å². The van der Waals surface area contributed by atoms with Crippen LogP contribution in [0, 0.1) is 0 Å². The van der Waals surface area contributed by atoms with Gasteiger partial charge in [-0.05, 0) is 38.0 Å². The van der Waals surface area contributed by atoms with Gasteiger partial charge in [-0.1, -0.05) is 11.6 Å². The molecule has 0 aromatic carbocycles. The lowest BCUT2D eigenvalue weighted by Gasteiger charge is -2.31. The van der Waals surface area contributed by atoms with E-state index in [1.807, 2.05) is 36.7 Å². The largest absolute Gasteiger partial charge is 0.383 e. The standard InChI is InChI=1S/C20H21ClN4O4S/c1-20(2)28-13-12(14-16-9(4-6-26-14)7-11(21)30-16)27-19(15(13)29-20)25-5-3-10-17(22)23-8-24-18(10)25/h3,5,7-8,12-15,19H,4,6H2,1-2H3,(H2,22,23,24)/t12-,13?,14+,15+,19+/m0/s1. The SMILES string of the molecule is CC1(C)OC2[C@@H](O1)[C@H](n1ccc3c(N)ncnc31)O[C@@H]2[C@H]1OCCc2cc(Cl)sc21. The van der Waals surface area contributed by atoms with E-state index in [-0.39, 0.29) is 24.4 Å². The highest BCUT2D eigenvalue weighted by atomic mass is 35.5. The zero-order valence-corrected chi connectivity index (χ0v) is 18.0. The molecule has 5 atom stereocenters. The Hall–Kier alpha value is -1.75. The molecule has 3 aliphatic heterocycles. The Morgan fingerprint density at radius 2 is 2.07 bits per heavy atom. The Bertz CT molecular complexity index is 1130. The van der Waals surface area contributed by atoms with E-state index in [1.165, 1.54) is 11.9 Å². The maximum absolute atomic E-state index is 6.57. The third-order valence-corrected chi connectivity index (χ3v) is 7.28. The normalized spacial score (nSPS) is 32.4. The molecule has 2 saturated heterocycles. The molecule has 0 bridgehead atoms. The van der Waals surface area contributed by atoms with Crippen molar-refractivity contribution in [3.63, 3.8) is 0 Å². The Morgan fingerprint density at radius 3 is 2.93 bits per heavy atom. The number of hydrogen-bond donors (Lipinski definition) is 1. The van der Waals surface area contributed by atoms with Crippen molar-refractivity contribution in [2.45, 2.75) is 56.7 Å². The van der Waals surface area contributed by atoms with Gasteiger partial charge in [0.25, 0.3) is 0 Å². The molecule has 0 aliphatic carbocycles. The van der Waals surface area contributed by atoms with Crippen LogP contribution in [-0.4, -0.2) is 45.2 Å². The summed E-state index contributed by atoms with van der Waals surface area (Å²) in [5, 5.41) is 0.778. The second-order valence-electron chi connectivity index (χ2n) is 8.26. The minimum Gasteiger partial charge on any atom is -0.383 e. The van der Waals surface area contributed by atoms with Gasteiger partial charge in [0.05, 0.1) is 16.3 Å². The number of fused-ring (bicyclic) bond motifs is 3. The van der Waals surface area contributed by atoms with E-state index < -0.39 is 12.0 Å². The van der Waals surface area contributed by atoms with E-state index in [0.717, 1.165) is 21.0 Å². The Labute approximate surface area is 181 Å². The lowest BCUT2D eigenvalue weighted by molar-refractivity contribution is -0.212. The first-order valence-electron chi connectivity index (χ1n) is 9.89. The number of aromatic nitrogens is 3. The second-order valence-corrected chi connectivity index (χ2v) is 9.97. The van der Waals surface area contributed by atoms with Crippen LogP contribution in [0.3, 0.4) is 0 Å². The van der Waals surface area contributed by atoms with Crippen molar-refractivity contribution >= 4 is 39.8 Å². The van der Waals surface area contributed by atoms with Gasteiger partial charge in [0, 0.05) is 11.1 Å². The van der Waals surface area contributed by atoms with Crippen LogP contribution in [-0.2, 0) is 25.4 Å². The second kappa shape index (κ2) is 6.62. The van der Waals surface area contributed by atoms with Gasteiger partial charge < -0.3 is 29.2 Å². The van der Waals surface area contributed by atoms with Gasteiger partial charge in [0.2, 0.25) is 0 Å². The maximum atomic E-state index is 6.57. The number of anilines is 1. The van der Waals surface area contributed by atoms with Gasteiger partial charge in [-0.15, -0.1) is 11.3 Å². The van der Waals surface area contributed by atoms with Crippen LogP contribution in [0.1, 0.15) is 36.6 Å². The molecule has 0 amide bonds. The van der Waals surface area contributed by atoms with Gasteiger partial charge in [-0.25, -0.2) is 9.97 Å². The monoisotopic (exact) mass is 448 g/mol. The van der Waals surface area contributed by atoms with Gasteiger partial charge >= 0.3 is 0 Å². The number of thiophene rings is 1. The molecule has 6 heterocycles. The lowest BCUT2D eigenvalue weighted by atomic mass is 9.99. The summed E-state index contributed by atoms with van der Waals surface area (Å²) in [4.78, 5) is 9.61. The molecular weight excluding hydrogens is 428 g/mol. The summed E-state index contributed by atoms with van der Waals surface area (Å²) in [6, 6.07) is 3.92. The van der Waals surface area contributed by atoms with E-state index in [0.29, 0.717) is 18.1 Å². The van der Waals surface area contributed by atoms with E-state index in [2.05, 4.69) is 9.97 Å². The Kier molecular flexibility index (Phi) is 4.19. The maximum Gasteiger partial charge on any atom is 0.164 e. The molecule has 3 aliphatic rings. The third kappa shape index (κ3) is 2.80. The molecule has 2 fully saturated rings. The van der Waals surface area contributed by atoms with Crippen molar-refractivity contribution in [3.05, 3.63) is 39.4 Å². The van der Waals surface area contributed by atoms with E-state index >= 15 is 0 Å². The quantitative estimate of drug-likeness (QED) is 0.641. The van der Waals surface area contributed by atoms with Crippen molar-refractivity contribution in [2.24, 2.45) is 0 Å². The average molecular weight is 449 g/mol. The summed E-state index contributed by atoms with van der Waals surface area (Å²) in [7, 11) is 0. The van der Waals surface area contributed by atoms with E-state index in [1.54, 1.807) is 11.3 Å².